The van der Waals surface area contributed by atoms with Gasteiger partial charge in [-0.2, -0.15) is 0 Å². The molecule has 0 spiro atoms. The number of nitrogens with zero attached hydrogens (tertiary/aromatic N) is 2. The van der Waals surface area contributed by atoms with E-state index in [1.165, 1.54) is 13.0 Å². The fourth-order valence-corrected chi connectivity index (χ4v) is 1.76. The van der Waals surface area contributed by atoms with Crippen LogP contribution in [0.5, 0.6) is 0 Å². The van der Waals surface area contributed by atoms with Crippen molar-refractivity contribution in [3.05, 3.63) is 0 Å². The summed E-state index contributed by atoms with van der Waals surface area (Å²) in [4.78, 5) is 4.72. The summed E-state index contributed by atoms with van der Waals surface area (Å²) in [6.45, 7) is 8.66. The number of rotatable bonds is 8. The standard InChI is InChI=1S/C11H27N3/c1-5-11(10-12)14(6-2)9-7-8-13(3)4/h11H,5-10,12H2,1-4H3. The van der Waals surface area contributed by atoms with Crippen molar-refractivity contribution < 1.29 is 0 Å². The summed E-state index contributed by atoms with van der Waals surface area (Å²) >= 11 is 0. The lowest BCUT2D eigenvalue weighted by molar-refractivity contribution is 0.195. The van der Waals surface area contributed by atoms with Gasteiger partial charge in [-0.3, -0.25) is 4.90 Å². The summed E-state index contributed by atoms with van der Waals surface area (Å²) in [5, 5.41) is 0. The Labute approximate surface area is 89.2 Å². The van der Waals surface area contributed by atoms with Crippen LogP contribution in [0.15, 0.2) is 0 Å². The molecule has 86 valence electrons. The highest BCUT2D eigenvalue weighted by molar-refractivity contribution is 4.70. The average Bonchev–Trinajstić information content (AvgIpc) is 2.16. The lowest BCUT2D eigenvalue weighted by Gasteiger charge is -2.29. The Morgan fingerprint density at radius 2 is 1.79 bits per heavy atom. The summed E-state index contributed by atoms with van der Waals surface area (Å²) in [7, 11) is 4.24. The Bertz CT molecular complexity index is 122. The second-order valence-corrected chi connectivity index (χ2v) is 4.08. The summed E-state index contributed by atoms with van der Waals surface area (Å²) in [6.07, 6.45) is 2.39. The minimum absolute atomic E-state index is 0.571. The first-order valence-corrected chi connectivity index (χ1v) is 5.74. The van der Waals surface area contributed by atoms with Gasteiger partial charge >= 0.3 is 0 Å². The molecule has 3 heteroatoms. The van der Waals surface area contributed by atoms with Crippen LogP contribution in [0.3, 0.4) is 0 Å². The number of hydrogen-bond acceptors (Lipinski definition) is 3. The monoisotopic (exact) mass is 201 g/mol. The predicted molar refractivity (Wildman–Crippen MR) is 63.6 cm³/mol. The first-order chi connectivity index (χ1) is 6.65. The highest BCUT2D eigenvalue weighted by Gasteiger charge is 2.12. The highest BCUT2D eigenvalue weighted by Crippen LogP contribution is 2.03. The lowest BCUT2D eigenvalue weighted by Crippen LogP contribution is -2.41. The second-order valence-electron chi connectivity index (χ2n) is 4.08. The average molecular weight is 201 g/mol. The smallest absolute Gasteiger partial charge is 0.0215 e. The van der Waals surface area contributed by atoms with E-state index in [1.54, 1.807) is 0 Å². The Morgan fingerprint density at radius 3 is 2.14 bits per heavy atom. The summed E-state index contributed by atoms with van der Waals surface area (Å²) in [5.41, 5.74) is 5.74. The van der Waals surface area contributed by atoms with Gasteiger partial charge in [0.05, 0.1) is 0 Å². The summed E-state index contributed by atoms with van der Waals surface area (Å²) in [6, 6.07) is 0.571. The lowest BCUT2D eigenvalue weighted by atomic mass is 10.2. The molecule has 0 aliphatic carbocycles. The maximum Gasteiger partial charge on any atom is 0.0215 e. The molecule has 1 atom stereocenters. The molecule has 3 nitrogen and oxygen atoms in total. The van der Waals surface area contributed by atoms with Crippen LogP contribution in [0.1, 0.15) is 26.7 Å². The zero-order valence-corrected chi connectivity index (χ0v) is 10.3. The molecular formula is C11H27N3. The molecule has 0 saturated carbocycles. The van der Waals surface area contributed by atoms with Crippen molar-refractivity contribution >= 4 is 0 Å². The largest absolute Gasteiger partial charge is 0.329 e. The van der Waals surface area contributed by atoms with Crippen molar-refractivity contribution in [3.8, 4) is 0 Å². The van der Waals surface area contributed by atoms with Crippen LogP contribution in [0, 0.1) is 0 Å². The molecule has 0 amide bonds. The van der Waals surface area contributed by atoms with E-state index in [9.17, 15) is 0 Å². The van der Waals surface area contributed by atoms with Crippen molar-refractivity contribution in [3.63, 3.8) is 0 Å². The van der Waals surface area contributed by atoms with Gasteiger partial charge in [0.25, 0.3) is 0 Å². The van der Waals surface area contributed by atoms with Crippen LogP contribution < -0.4 is 5.73 Å². The quantitative estimate of drug-likeness (QED) is 0.636. The van der Waals surface area contributed by atoms with Crippen LogP contribution in [0.4, 0.5) is 0 Å². The third-order valence-corrected chi connectivity index (χ3v) is 2.72. The molecule has 0 aromatic carbocycles. The van der Waals surface area contributed by atoms with E-state index < -0.39 is 0 Å². The Hall–Kier alpha value is -0.120. The van der Waals surface area contributed by atoms with Crippen molar-refractivity contribution in [2.45, 2.75) is 32.7 Å². The molecule has 0 radical (unpaired) electrons. The van der Waals surface area contributed by atoms with Gasteiger partial charge in [0.1, 0.15) is 0 Å². The van der Waals surface area contributed by atoms with Crippen molar-refractivity contribution in [2.75, 3.05) is 40.3 Å². The molecule has 1 unspecified atom stereocenters. The van der Waals surface area contributed by atoms with Gasteiger partial charge in [-0.05, 0) is 46.6 Å². The zero-order chi connectivity index (χ0) is 11.0. The Kier molecular flexibility index (Phi) is 8.14. The van der Waals surface area contributed by atoms with Gasteiger partial charge in [-0.1, -0.05) is 13.8 Å². The van der Waals surface area contributed by atoms with E-state index >= 15 is 0 Å². The van der Waals surface area contributed by atoms with E-state index in [0.717, 1.165) is 26.1 Å². The third kappa shape index (κ3) is 5.58. The Morgan fingerprint density at radius 1 is 1.14 bits per heavy atom. The van der Waals surface area contributed by atoms with E-state index in [2.05, 4.69) is 37.7 Å². The maximum atomic E-state index is 5.74. The maximum absolute atomic E-state index is 5.74. The van der Waals surface area contributed by atoms with Gasteiger partial charge in [0, 0.05) is 12.6 Å². The first-order valence-electron chi connectivity index (χ1n) is 5.74. The molecule has 14 heavy (non-hydrogen) atoms. The van der Waals surface area contributed by atoms with Crippen molar-refractivity contribution in [2.24, 2.45) is 5.73 Å². The normalized spacial score (nSPS) is 13.9. The second kappa shape index (κ2) is 8.21. The molecule has 2 N–H and O–H groups in total. The van der Waals surface area contributed by atoms with Gasteiger partial charge in [-0.15, -0.1) is 0 Å². The summed E-state index contributed by atoms with van der Waals surface area (Å²) < 4.78 is 0. The van der Waals surface area contributed by atoms with Gasteiger partial charge in [-0.25, -0.2) is 0 Å². The van der Waals surface area contributed by atoms with Gasteiger partial charge in [0.15, 0.2) is 0 Å². The van der Waals surface area contributed by atoms with E-state index in [4.69, 9.17) is 5.73 Å². The number of nitrogens with two attached hydrogens (primary N) is 1. The SMILES string of the molecule is CCC(CN)N(CC)CCCN(C)C. The molecule has 0 heterocycles. The van der Waals surface area contributed by atoms with Crippen molar-refractivity contribution in [1.29, 1.82) is 0 Å². The number of hydrogen-bond donors (Lipinski definition) is 1. The highest BCUT2D eigenvalue weighted by atomic mass is 15.2. The van der Waals surface area contributed by atoms with E-state index in [1.807, 2.05) is 0 Å². The fraction of sp³-hybridized carbons (Fsp3) is 1.00. The van der Waals surface area contributed by atoms with Crippen LogP contribution in [-0.4, -0.2) is 56.1 Å². The molecule has 0 aliphatic rings. The van der Waals surface area contributed by atoms with Gasteiger partial charge < -0.3 is 10.6 Å². The van der Waals surface area contributed by atoms with Gasteiger partial charge in [0.2, 0.25) is 0 Å². The molecule has 0 rings (SSSR count). The molecule has 0 fully saturated rings. The van der Waals surface area contributed by atoms with Crippen LogP contribution in [0.25, 0.3) is 0 Å². The van der Waals surface area contributed by atoms with E-state index in [0.29, 0.717) is 6.04 Å². The molecular weight excluding hydrogens is 174 g/mol. The third-order valence-electron chi connectivity index (χ3n) is 2.72. The Balaban J connectivity index is 3.77. The number of likely N-dealkylation sites (N-methyl/N-ethyl adjacent to an activating group) is 1. The minimum atomic E-state index is 0.571. The molecule has 0 aromatic heterocycles. The topological polar surface area (TPSA) is 32.5 Å². The molecule has 0 bridgehead atoms. The van der Waals surface area contributed by atoms with Crippen LogP contribution in [0.2, 0.25) is 0 Å². The molecule has 0 aliphatic heterocycles. The van der Waals surface area contributed by atoms with E-state index in [-0.39, 0.29) is 0 Å². The fourth-order valence-electron chi connectivity index (χ4n) is 1.76. The molecule has 0 saturated heterocycles. The van der Waals surface area contributed by atoms with Crippen LogP contribution in [-0.2, 0) is 0 Å². The summed E-state index contributed by atoms with van der Waals surface area (Å²) in [5.74, 6) is 0. The first kappa shape index (κ1) is 13.9. The molecule has 0 aromatic rings. The van der Waals surface area contributed by atoms with Crippen molar-refractivity contribution in [1.82, 2.24) is 9.80 Å². The zero-order valence-electron chi connectivity index (χ0n) is 10.3. The minimum Gasteiger partial charge on any atom is -0.329 e. The predicted octanol–water partition coefficient (Wildman–Crippen LogP) is 0.997. The van der Waals surface area contributed by atoms with Crippen LogP contribution >= 0.6 is 0 Å².